The van der Waals surface area contributed by atoms with Crippen molar-refractivity contribution in [2.75, 3.05) is 12.4 Å². The molecule has 0 saturated heterocycles. The molecule has 0 aliphatic rings. The molecule has 2 aromatic rings. The number of nitro groups is 1. The number of anilines is 1. The lowest BCUT2D eigenvalue weighted by Crippen LogP contribution is -2.21. The summed E-state index contributed by atoms with van der Waals surface area (Å²) in [5.74, 6) is -0.694. The molecule has 0 aliphatic carbocycles. The maximum Gasteiger partial charge on any atom is 0.307 e. The number of hydrazone groups is 1. The summed E-state index contributed by atoms with van der Waals surface area (Å²) in [5, 5.41) is 17.3. The third-order valence-electron chi connectivity index (χ3n) is 3.19. The van der Waals surface area contributed by atoms with Crippen molar-refractivity contribution in [1.82, 2.24) is 5.43 Å². The molecule has 1 aromatic carbocycles. The van der Waals surface area contributed by atoms with Crippen LogP contribution in [-0.4, -0.2) is 29.6 Å². The molecule has 1 heterocycles. The zero-order valence-corrected chi connectivity index (χ0v) is 14.0. The first-order chi connectivity index (χ1) is 12.4. The zero-order valence-electron chi connectivity index (χ0n) is 14.0. The number of furan rings is 1. The number of nitrogens with zero attached hydrogens (tertiary/aromatic N) is 2. The van der Waals surface area contributed by atoms with Gasteiger partial charge in [0.1, 0.15) is 11.4 Å². The number of hydrogen-bond donors (Lipinski definition) is 2. The molecule has 10 nitrogen and oxygen atoms in total. The fraction of sp³-hybridized carbons (Fsp3) is 0.188. The number of carbonyl (C=O) groups is 2. The van der Waals surface area contributed by atoms with Gasteiger partial charge in [-0.05, 0) is 31.2 Å². The molecular weight excluding hydrogens is 344 g/mol. The first-order valence-electron chi connectivity index (χ1n) is 7.40. The van der Waals surface area contributed by atoms with Crippen molar-refractivity contribution in [3.8, 4) is 5.75 Å². The van der Waals surface area contributed by atoms with E-state index >= 15 is 0 Å². The monoisotopic (exact) mass is 360 g/mol. The summed E-state index contributed by atoms with van der Waals surface area (Å²) in [4.78, 5) is 34.2. The highest BCUT2D eigenvalue weighted by molar-refractivity contribution is 6.06. The van der Waals surface area contributed by atoms with Gasteiger partial charge in [0, 0.05) is 5.71 Å². The number of rotatable bonds is 7. The molecule has 0 saturated carbocycles. The average molecular weight is 360 g/mol. The van der Waals surface area contributed by atoms with E-state index in [1.54, 1.807) is 6.07 Å². The molecular formula is C16H16N4O6. The summed E-state index contributed by atoms with van der Waals surface area (Å²) in [7, 11) is 1.38. The number of carbonyl (C=O) groups excluding carboxylic acids is 2. The van der Waals surface area contributed by atoms with Crippen LogP contribution in [0.4, 0.5) is 11.4 Å². The average Bonchev–Trinajstić information content (AvgIpc) is 3.14. The molecule has 0 bridgehead atoms. The van der Waals surface area contributed by atoms with Crippen molar-refractivity contribution in [1.29, 1.82) is 0 Å². The molecule has 10 heteroatoms. The molecule has 0 atom stereocenters. The summed E-state index contributed by atoms with van der Waals surface area (Å²) in [5.41, 5.74) is 2.30. The Morgan fingerprint density at radius 2 is 2.12 bits per heavy atom. The Morgan fingerprint density at radius 1 is 1.35 bits per heavy atom. The van der Waals surface area contributed by atoms with Crippen LogP contribution in [0.1, 0.15) is 23.9 Å². The minimum atomic E-state index is -0.622. The molecule has 2 N–H and O–H groups in total. The lowest BCUT2D eigenvalue weighted by Gasteiger charge is -2.07. The fourth-order valence-corrected chi connectivity index (χ4v) is 1.97. The van der Waals surface area contributed by atoms with Crippen molar-refractivity contribution >= 4 is 28.9 Å². The number of benzene rings is 1. The maximum absolute atomic E-state index is 12.0. The van der Waals surface area contributed by atoms with Crippen LogP contribution in [0, 0.1) is 10.1 Å². The molecule has 0 spiro atoms. The normalized spacial score (nSPS) is 10.9. The molecule has 1 aromatic heterocycles. The van der Waals surface area contributed by atoms with E-state index in [0.717, 1.165) is 0 Å². The number of nitrogens with one attached hydrogen (secondary N) is 2. The van der Waals surface area contributed by atoms with Gasteiger partial charge in [0.15, 0.2) is 5.76 Å². The van der Waals surface area contributed by atoms with Crippen molar-refractivity contribution in [3.05, 3.63) is 52.5 Å². The van der Waals surface area contributed by atoms with Gasteiger partial charge < -0.3 is 14.5 Å². The number of methoxy groups -OCH3 is 1. The van der Waals surface area contributed by atoms with E-state index in [9.17, 15) is 19.7 Å². The van der Waals surface area contributed by atoms with Crippen LogP contribution in [0.25, 0.3) is 0 Å². The van der Waals surface area contributed by atoms with E-state index in [2.05, 4.69) is 15.8 Å². The van der Waals surface area contributed by atoms with Crippen LogP contribution >= 0.6 is 0 Å². The minimum absolute atomic E-state index is 0.0354. The van der Waals surface area contributed by atoms with E-state index in [0.29, 0.717) is 11.5 Å². The highest BCUT2D eigenvalue weighted by Crippen LogP contribution is 2.28. The van der Waals surface area contributed by atoms with Gasteiger partial charge in [-0.15, -0.1) is 0 Å². The lowest BCUT2D eigenvalue weighted by molar-refractivity contribution is -0.384. The summed E-state index contributed by atoms with van der Waals surface area (Å²) < 4.78 is 9.84. The van der Waals surface area contributed by atoms with Gasteiger partial charge in [-0.1, -0.05) is 0 Å². The predicted molar refractivity (Wildman–Crippen MR) is 92.2 cm³/mol. The van der Waals surface area contributed by atoms with Crippen LogP contribution in [0.2, 0.25) is 0 Å². The van der Waals surface area contributed by atoms with Gasteiger partial charge in [-0.2, -0.15) is 5.10 Å². The topological polar surface area (TPSA) is 136 Å². The Bertz CT molecular complexity index is 844. The van der Waals surface area contributed by atoms with Crippen molar-refractivity contribution < 1.29 is 23.7 Å². The Labute approximate surface area is 148 Å². The number of amides is 2. The van der Waals surface area contributed by atoms with Crippen molar-refractivity contribution in [3.63, 3.8) is 0 Å². The van der Waals surface area contributed by atoms with Crippen LogP contribution < -0.4 is 15.5 Å². The molecule has 0 unspecified atom stereocenters. The molecule has 0 radical (unpaired) electrons. The van der Waals surface area contributed by atoms with Crippen LogP contribution in [0.15, 0.2) is 46.1 Å². The number of hydrogen-bond acceptors (Lipinski definition) is 7. The second-order valence-corrected chi connectivity index (χ2v) is 5.13. The van der Waals surface area contributed by atoms with E-state index in [4.69, 9.17) is 9.15 Å². The third-order valence-corrected chi connectivity index (χ3v) is 3.19. The number of ether oxygens (including phenoxy) is 1. The largest absolute Gasteiger partial charge is 0.496 e. The van der Waals surface area contributed by atoms with Crippen molar-refractivity contribution in [2.45, 2.75) is 13.3 Å². The SMILES string of the molecule is COc1ccc(NC(=O)C/C(C)=N\NC(=O)c2ccco2)c([N+](=O)[O-])c1. The molecule has 136 valence electrons. The van der Waals surface area contributed by atoms with E-state index < -0.39 is 16.7 Å². The van der Waals surface area contributed by atoms with Gasteiger partial charge >= 0.3 is 5.91 Å². The van der Waals surface area contributed by atoms with Gasteiger partial charge in [0.25, 0.3) is 5.69 Å². The summed E-state index contributed by atoms with van der Waals surface area (Å²) in [6.45, 7) is 1.53. The maximum atomic E-state index is 12.0. The highest BCUT2D eigenvalue weighted by Gasteiger charge is 2.17. The Hall–Kier alpha value is -3.69. The van der Waals surface area contributed by atoms with E-state index in [1.807, 2.05) is 0 Å². The smallest absolute Gasteiger partial charge is 0.307 e. The fourth-order valence-electron chi connectivity index (χ4n) is 1.97. The highest BCUT2D eigenvalue weighted by atomic mass is 16.6. The minimum Gasteiger partial charge on any atom is -0.496 e. The van der Waals surface area contributed by atoms with Crippen molar-refractivity contribution in [2.24, 2.45) is 5.10 Å². The summed E-state index contributed by atoms with van der Waals surface area (Å²) in [6, 6.07) is 7.10. The lowest BCUT2D eigenvalue weighted by atomic mass is 10.2. The molecule has 2 amide bonds. The first kappa shape index (κ1) is 18.6. The Kier molecular flexibility index (Phi) is 6.04. The Balaban J connectivity index is 1.98. The Morgan fingerprint density at radius 3 is 2.73 bits per heavy atom. The second kappa shape index (κ2) is 8.42. The standard InChI is InChI=1S/C16H16N4O6/c1-10(18-19-16(22)14-4-3-7-26-14)8-15(21)17-12-6-5-11(25-2)9-13(12)20(23)24/h3-7,9H,8H2,1-2H3,(H,17,21)(H,19,22)/b18-10-. The second-order valence-electron chi connectivity index (χ2n) is 5.13. The van der Waals surface area contributed by atoms with Gasteiger partial charge in [-0.25, -0.2) is 5.43 Å². The van der Waals surface area contributed by atoms with Crippen LogP contribution in [0.3, 0.4) is 0 Å². The molecule has 0 aliphatic heterocycles. The molecule has 0 fully saturated rings. The number of nitro benzene ring substituents is 1. The summed E-state index contributed by atoms with van der Waals surface area (Å²) in [6.07, 6.45) is 1.18. The first-order valence-corrected chi connectivity index (χ1v) is 7.40. The molecule has 26 heavy (non-hydrogen) atoms. The van der Waals surface area contributed by atoms with Gasteiger partial charge in [0.05, 0.1) is 30.8 Å². The van der Waals surface area contributed by atoms with Gasteiger partial charge in [-0.3, -0.25) is 19.7 Å². The molecule has 2 rings (SSSR count). The van der Waals surface area contributed by atoms with E-state index in [1.165, 1.54) is 44.6 Å². The summed E-state index contributed by atoms with van der Waals surface area (Å²) >= 11 is 0. The van der Waals surface area contributed by atoms with E-state index in [-0.39, 0.29) is 23.6 Å². The third kappa shape index (κ3) is 4.90. The van der Waals surface area contributed by atoms with Crippen LogP contribution in [0.5, 0.6) is 5.75 Å². The predicted octanol–water partition coefficient (Wildman–Crippen LogP) is 2.33. The van der Waals surface area contributed by atoms with Gasteiger partial charge in [0.2, 0.25) is 5.91 Å². The zero-order chi connectivity index (χ0) is 19.1. The quantitative estimate of drug-likeness (QED) is 0.442. The van der Waals surface area contributed by atoms with Crippen LogP contribution in [-0.2, 0) is 4.79 Å².